The quantitative estimate of drug-likeness (QED) is 0.118. The average molecular weight is 773 g/mol. The molecule has 0 aliphatic heterocycles. The Hall–Kier alpha value is -8.08. The fourth-order valence-electron chi connectivity index (χ4n) is 7.62. The summed E-state index contributed by atoms with van der Waals surface area (Å²) in [6.45, 7) is 4.28. The van der Waals surface area contributed by atoms with Gasteiger partial charge in [-0.05, 0) is 149 Å². The van der Waals surface area contributed by atoms with Crippen LogP contribution in [0.4, 0.5) is 51.2 Å². The monoisotopic (exact) mass is 772 g/mol. The van der Waals surface area contributed by atoms with Gasteiger partial charge in [0.05, 0.1) is 0 Å². The van der Waals surface area contributed by atoms with Gasteiger partial charge in [0.15, 0.2) is 0 Å². The van der Waals surface area contributed by atoms with Gasteiger partial charge in [-0.15, -0.1) is 0 Å². The van der Waals surface area contributed by atoms with Crippen molar-refractivity contribution in [1.82, 2.24) is 0 Å². The number of anilines is 9. The maximum Gasteiger partial charge on any atom is 0.0468 e. The topological polar surface area (TPSA) is 21.8 Å². The maximum atomic E-state index is 4.28. The Morgan fingerprint density at radius 1 is 0.383 bits per heavy atom. The summed E-state index contributed by atoms with van der Waals surface area (Å²) in [4.78, 5) is 6.78. The molecule has 288 valence electrons. The van der Waals surface area contributed by atoms with Crippen molar-refractivity contribution in [2.75, 3.05) is 20.0 Å². The Balaban J connectivity index is 1.09. The molecular weight excluding hydrogens is 729 g/mol. The van der Waals surface area contributed by atoms with Crippen LogP contribution in [-0.4, -0.2) is 0 Å². The molecule has 0 aromatic heterocycles. The first-order chi connectivity index (χ1) is 29.7. The molecule has 0 saturated carbocycles. The Morgan fingerprint density at radius 3 is 1.42 bits per heavy atom. The molecule has 60 heavy (non-hydrogen) atoms. The van der Waals surface area contributed by atoms with E-state index in [-0.39, 0.29) is 0 Å². The standard InChI is InChI=1S/C56H44N4/c1-2-49(59(52-23-8-4-9-24-52)55-32-28-43-17-12-14-19-45(43)41-55)27-16-40-58(50-34-30-48(31-35-50)57-47-21-6-3-7-22-47)51-36-38-54(39-37-51)60(53-25-10-5-11-26-53)56-33-29-44-18-13-15-20-46(44)42-56/h2-42,57H,1H2. The molecule has 0 saturated heterocycles. The molecule has 0 spiro atoms. The van der Waals surface area contributed by atoms with E-state index in [0.29, 0.717) is 0 Å². The van der Waals surface area contributed by atoms with Crippen molar-refractivity contribution < 1.29 is 0 Å². The van der Waals surface area contributed by atoms with E-state index < -0.39 is 0 Å². The molecule has 4 nitrogen and oxygen atoms in total. The van der Waals surface area contributed by atoms with Gasteiger partial charge in [0, 0.05) is 63.1 Å². The van der Waals surface area contributed by atoms with E-state index in [0.717, 1.165) is 56.9 Å². The third-order valence-electron chi connectivity index (χ3n) is 10.6. The number of para-hydroxylation sites is 3. The van der Waals surface area contributed by atoms with Gasteiger partial charge in [-0.2, -0.15) is 0 Å². The van der Waals surface area contributed by atoms with Crippen LogP contribution in [0, 0.1) is 0 Å². The lowest BCUT2D eigenvalue weighted by Crippen LogP contribution is -2.15. The summed E-state index contributed by atoms with van der Waals surface area (Å²) >= 11 is 0. The first kappa shape index (κ1) is 37.5. The Kier molecular flexibility index (Phi) is 11.0. The number of nitrogens with one attached hydrogen (secondary N) is 1. The molecule has 0 radical (unpaired) electrons. The second-order valence-electron chi connectivity index (χ2n) is 14.5. The van der Waals surface area contributed by atoms with Crippen molar-refractivity contribution in [2.45, 2.75) is 0 Å². The van der Waals surface area contributed by atoms with Crippen LogP contribution in [0.1, 0.15) is 0 Å². The van der Waals surface area contributed by atoms with Gasteiger partial charge >= 0.3 is 0 Å². The van der Waals surface area contributed by atoms with Crippen molar-refractivity contribution in [1.29, 1.82) is 0 Å². The molecule has 0 aliphatic carbocycles. The van der Waals surface area contributed by atoms with Crippen LogP contribution in [0.2, 0.25) is 0 Å². The molecule has 0 atom stereocenters. The highest BCUT2D eigenvalue weighted by molar-refractivity contribution is 5.90. The van der Waals surface area contributed by atoms with Gasteiger partial charge in [0.25, 0.3) is 0 Å². The Bertz CT molecular complexity index is 2900. The fourth-order valence-corrected chi connectivity index (χ4v) is 7.62. The fraction of sp³-hybridized carbons (Fsp3) is 0. The largest absolute Gasteiger partial charge is 0.356 e. The van der Waals surface area contributed by atoms with Crippen molar-refractivity contribution in [3.05, 3.63) is 261 Å². The molecule has 9 rings (SSSR count). The maximum absolute atomic E-state index is 4.28. The number of allylic oxidation sites excluding steroid dienone is 3. The highest BCUT2D eigenvalue weighted by Crippen LogP contribution is 2.38. The zero-order valence-corrected chi connectivity index (χ0v) is 33.2. The van der Waals surface area contributed by atoms with E-state index in [1.54, 1.807) is 0 Å². The first-order valence-corrected chi connectivity index (χ1v) is 20.2. The molecule has 0 bridgehead atoms. The van der Waals surface area contributed by atoms with E-state index >= 15 is 0 Å². The van der Waals surface area contributed by atoms with Gasteiger partial charge in [-0.3, -0.25) is 0 Å². The van der Waals surface area contributed by atoms with E-state index in [4.69, 9.17) is 0 Å². The zero-order chi connectivity index (χ0) is 40.5. The van der Waals surface area contributed by atoms with Gasteiger partial charge < -0.3 is 20.0 Å². The summed E-state index contributed by atoms with van der Waals surface area (Å²) in [5.41, 5.74) is 10.4. The number of hydrogen-bond acceptors (Lipinski definition) is 4. The molecular formula is C56H44N4. The van der Waals surface area contributed by atoms with Crippen LogP contribution in [-0.2, 0) is 0 Å². The summed E-state index contributed by atoms with van der Waals surface area (Å²) < 4.78 is 0. The Morgan fingerprint density at radius 2 is 0.817 bits per heavy atom. The third-order valence-corrected chi connectivity index (χ3v) is 10.6. The van der Waals surface area contributed by atoms with Crippen LogP contribution >= 0.6 is 0 Å². The predicted octanol–water partition coefficient (Wildman–Crippen LogP) is 15.8. The molecule has 9 aromatic carbocycles. The molecule has 1 N–H and O–H groups in total. The highest BCUT2D eigenvalue weighted by Gasteiger charge is 2.16. The smallest absolute Gasteiger partial charge is 0.0468 e. The molecule has 0 heterocycles. The summed E-state index contributed by atoms with van der Waals surface area (Å²) in [6, 6.07) is 78.8. The second-order valence-corrected chi connectivity index (χ2v) is 14.5. The normalized spacial score (nSPS) is 11.4. The van der Waals surface area contributed by atoms with Crippen molar-refractivity contribution >= 4 is 72.7 Å². The van der Waals surface area contributed by atoms with Crippen LogP contribution in [0.25, 0.3) is 21.5 Å². The number of nitrogens with zero attached hydrogens (tertiary/aromatic N) is 3. The third kappa shape index (κ3) is 8.31. The van der Waals surface area contributed by atoms with E-state index in [9.17, 15) is 0 Å². The number of fused-ring (bicyclic) bond motifs is 2. The van der Waals surface area contributed by atoms with Crippen molar-refractivity contribution in [3.63, 3.8) is 0 Å². The van der Waals surface area contributed by atoms with Gasteiger partial charge in [0.2, 0.25) is 0 Å². The lowest BCUT2D eigenvalue weighted by atomic mass is 10.1. The van der Waals surface area contributed by atoms with E-state index in [1.165, 1.54) is 21.5 Å². The van der Waals surface area contributed by atoms with Crippen LogP contribution in [0.5, 0.6) is 0 Å². The molecule has 4 heteroatoms. The minimum atomic E-state index is 0.944. The van der Waals surface area contributed by atoms with Crippen molar-refractivity contribution in [3.8, 4) is 0 Å². The minimum Gasteiger partial charge on any atom is -0.356 e. The minimum absolute atomic E-state index is 0.944. The summed E-state index contributed by atoms with van der Waals surface area (Å²) in [7, 11) is 0. The van der Waals surface area contributed by atoms with Crippen LogP contribution in [0.15, 0.2) is 261 Å². The molecule has 0 aliphatic rings. The lowest BCUT2D eigenvalue weighted by Gasteiger charge is -2.27. The lowest BCUT2D eigenvalue weighted by molar-refractivity contribution is 1.21. The summed E-state index contributed by atoms with van der Waals surface area (Å²) in [6.07, 6.45) is 8.27. The zero-order valence-electron chi connectivity index (χ0n) is 33.2. The highest BCUT2D eigenvalue weighted by atomic mass is 15.2. The number of benzene rings is 9. The molecule has 9 aromatic rings. The van der Waals surface area contributed by atoms with E-state index in [1.807, 2.05) is 30.3 Å². The Labute approximate surface area is 352 Å². The second kappa shape index (κ2) is 17.6. The SMILES string of the molecule is C=CC(=CC=CN(c1ccc(Nc2ccccc2)cc1)c1ccc(N(c2ccccc2)c2ccc3ccccc3c2)cc1)N(c1ccccc1)c1ccc2ccccc2c1. The van der Waals surface area contributed by atoms with Gasteiger partial charge in [-0.1, -0.05) is 122 Å². The number of hydrogen-bond donors (Lipinski definition) is 1. The van der Waals surface area contributed by atoms with Gasteiger partial charge in [-0.25, -0.2) is 0 Å². The van der Waals surface area contributed by atoms with E-state index in [2.05, 4.69) is 245 Å². The average Bonchev–Trinajstić information content (AvgIpc) is 3.31. The van der Waals surface area contributed by atoms with Gasteiger partial charge in [0.1, 0.15) is 0 Å². The predicted molar refractivity (Wildman–Crippen MR) is 257 cm³/mol. The molecule has 0 amide bonds. The first-order valence-electron chi connectivity index (χ1n) is 20.2. The van der Waals surface area contributed by atoms with Crippen LogP contribution < -0.4 is 20.0 Å². The van der Waals surface area contributed by atoms with Crippen LogP contribution in [0.3, 0.4) is 0 Å². The molecule has 0 fully saturated rings. The summed E-state index contributed by atoms with van der Waals surface area (Å²) in [5, 5.41) is 8.33. The number of rotatable bonds is 13. The summed E-state index contributed by atoms with van der Waals surface area (Å²) in [5.74, 6) is 0. The molecule has 0 unspecified atom stereocenters. The van der Waals surface area contributed by atoms with Crippen molar-refractivity contribution in [2.24, 2.45) is 0 Å².